The topological polar surface area (TPSA) is 49.3 Å². The predicted octanol–water partition coefficient (Wildman–Crippen LogP) is 3.63. The van der Waals surface area contributed by atoms with E-state index in [9.17, 15) is 13.6 Å². The monoisotopic (exact) mass is 291 g/mol. The third-order valence-electron chi connectivity index (χ3n) is 3.06. The summed E-state index contributed by atoms with van der Waals surface area (Å²) >= 11 is 0. The van der Waals surface area contributed by atoms with Crippen LogP contribution in [0.25, 0.3) is 0 Å². The highest BCUT2D eigenvalue weighted by Gasteiger charge is 2.09. The summed E-state index contributed by atoms with van der Waals surface area (Å²) < 4.78 is 26.1. The second-order valence-corrected chi connectivity index (χ2v) is 4.81. The molecule has 0 fully saturated rings. The smallest absolute Gasteiger partial charge is 0.337 e. The number of anilines is 1. The molecule has 5 heteroatoms. The van der Waals surface area contributed by atoms with Crippen molar-refractivity contribution in [2.45, 2.75) is 13.3 Å². The van der Waals surface area contributed by atoms with Crippen molar-refractivity contribution in [2.24, 2.45) is 0 Å². The Morgan fingerprint density at radius 1 is 1.14 bits per heavy atom. The van der Waals surface area contributed by atoms with Crippen LogP contribution in [-0.4, -0.2) is 17.6 Å². The van der Waals surface area contributed by atoms with Crippen molar-refractivity contribution in [3.05, 3.63) is 64.7 Å². The molecule has 0 amide bonds. The van der Waals surface area contributed by atoms with Gasteiger partial charge in [-0.25, -0.2) is 13.6 Å². The van der Waals surface area contributed by atoms with Gasteiger partial charge < -0.3 is 10.4 Å². The molecule has 2 aromatic rings. The molecule has 0 aromatic heterocycles. The Hall–Kier alpha value is -2.43. The van der Waals surface area contributed by atoms with Crippen molar-refractivity contribution in [2.75, 3.05) is 11.9 Å². The molecular weight excluding hydrogens is 276 g/mol. The molecule has 0 saturated carbocycles. The Balaban J connectivity index is 2.06. The lowest BCUT2D eigenvalue weighted by Gasteiger charge is -2.10. The van der Waals surface area contributed by atoms with Crippen molar-refractivity contribution >= 4 is 11.7 Å². The number of halogens is 2. The Morgan fingerprint density at radius 3 is 2.43 bits per heavy atom. The van der Waals surface area contributed by atoms with E-state index in [2.05, 4.69) is 5.32 Å². The van der Waals surface area contributed by atoms with E-state index in [1.807, 2.05) is 6.92 Å². The lowest BCUT2D eigenvalue weighted by molar-refractivity contribution is 0.0698. The van der Waals surface area contributed by atoms with Gasteiger partial charge in [-0.05, 0) is 48.7 Å². The van der Waals surface area contributed by atoms with E-state index in [0.717, 1.165) is 11.6 Å². The molecule has 0 bridgehead atoms. The second kappa shape index (κ2) is 6.35. The average Bonchev–Trinajstić information content (AvgIpc) is 2.37. The van der Waals surface area contributed by atoms with E-state index in [1.165, 1.54) is 18.2 Å². The van der Waals surface area contributed by atoms with Crippen LogP contribution in [0.5, 0.6) is 0 Å². The largest absolute Gasteiger partial charge is 0.478 e. The molecule has 0 saturated heterocycles. The Kier molecular flexibility index (Phi) is 4.52. The first-order valence-electron chi connectivity index (χ1n) is 6.48. The first-order chi connectivity index (χ1) is 9.95. The first-order valence-corrected chi connectivity index (χ1v) is 6.48. The van der Waals surface area contributed by atoms with Crippen LogP contribution in [0.3, 0.4) is 0 Å². The number of rotatable bonds is 5. The van der Waals surface area contributed by atoms with Crippen LogP contribution < -0.4 is 5.32 Å². The summed E-state index contributed by atoms with van der Waals surface area (Å²) in [5.41, 5.74) is 2.12. The first kappa shape index (κ1) is 15.0. The number of aromatic carboxylic acids is 1. The van der Waals surface area contributed by atoms with E-state index in [1.54, 1.807) is 12.1 Å². The van der Waals surface area contributed by atoms with Crippen LogP contribution in [0, 0.1) is 18.6 Å². The summed E-state index contributed by atoms with van der Waals surface area (Å²) in [5, 5.41) is 12.1. The zero-order valence-corrected chi connectivity index (χ0v) is 11.5. The molecular formula is C16H15F2NO2. The van der Waals surface area contributed by atoms with E-state index in [-0.39, 0.29) is 5.56 Å². The number of carboxylic acid groups (broad SMARTS) is 1. The van der Waals surface area contributed by atoms with Crippen LogP contribution in [-0.2, 0) is 6.42 Å². The minimum Gasteiger partial charge on any atom is -0.478 e. The number of aryl methyl sites for hydroxylation is 1. The molecule has 0 aliphatic heterocycles. The third-order valence-corrected chi connectivity index (χ3v) is 3.06. The van der Waals surface area contributed by atoms with Gasteiger partial charge in [0.05, 0.1) is 5.56 Å². The molecule has 2 rings (SSSR count). The fourth-order valence-electron chi connectivity index (χ4n) is 2.09. The van der Waals surface area contributed by atoms with Gasteiger partial charge in [-0.15, -0.1) is 0 Å². The van der Waals surface area contributed by atoms with Crippen molar-refractivity contribution in [3.8, 4) is 0 Å². The van der Waals surface area contributed by atoms with Crippen molar-refractivity contribution < 1.29 is 18.7 Å². The van der Waals surface area contributed by atoms with Gasteiger partial charge in [0, 0.05) is 18.3 Å². The minimum atomic E-state index is -1.02. The highest BCUT2D eigenvalue weighted by atomic mass is 19.1. The average molecular weight is 291 g/mol. The second-order valence-electron chi connectivity index (χ2n) is 4.81. The zero-order chi connectivity index (χ0) is 15.4. The van der Waals surface area contributed by atoms with Gasteiger partial charge in [0.2, 0.25) is 0 Å². The maximum Gasteiger partial charge on any atom is 0.337 e. The third kappa shape index (κ3) is 4.02. The number of benzene rings is 2. The van der Waals surface area contributed by atoms with Crippen LogP contribution in [0.4, 0.5) is 14.5 Å². The number of hydrogen-bond acceptors (Lipinski definition) is 2. The quantitative estimate of drug-likeness (QED) is 0.884. The molecule has 110 valence electrons. The lowest BCUT2D eigenvalue weighted by atomic mass is 10.1. The lowest BCUT2D eigenvalue weighted by Crippen LogP contribution is -2.10. The predicted molar refractivity (Wildman–Crippen MR) is 76.7 cm³/mol. The van der Waals surface area contributed by atoms with Gasteiger partial charge in [-0.2, -0.15) is 0 Å². The van der Waals surface area contributed by atoms with E-state index in [0.29, 0.717) is 24.2 Å². The normalized spacial score (nSPS) is 10.4. The molecule has 0 heterocycles. The van der Waals surface area contributed by atoms with Gasteiger partial charge in [-0.3, -0.25) is 0 Å². The van der Waals surface area contributed by atoms with Gasteiger partial charge in [0.1, 0.15) is 11.6 Å². The van der Waals surface area contributed by atoms with Gasteiger partial charge >= 0.3 is 5.97 Å². The number of hydrogen-bond donors (Lipinski definition) is 2. The molecule has 0 atom stereocenters. The molecule has 21 heavy (non-hydrogen) atoms. The Morgan fingerprint density at radius 2 is 1.81 bits per heavy atom. The van der Waals surface area contributed by atoms with Crippen molar-refractivity contribution in [1.82, 2.24) is 0 Å². The maximum atomic E-state index is 13.1. The molecule has 2 N–H and O–H groups in total. The maximum absolute atomic E-state index is 13.1. The SMILES string of the molecule is Cc1ccc(C(=O)O)c(NCCc2cc(F)cc(F)c2)c1. The molecule has 0 radical (unpaired) electrons. The van der Waals surface area contributed by atoms with Crippen LogP contribution in [0.1, 0.15) is 21.5 Å². The summed E-state index contributed by atoms with van der Waals surface area (Å²) in [7, 11) is 0. The Labute approximate surface area is 121 Å². The zero-order valence-electron chi connectivity index (χ0n) is 11.5. The van der Waals surface area contributed by atoms with Crippen LogP contribution in [0.2, 0.25) is 0 Å². The fourth-order valence-corrected chi connectivity index (χ4v) is 2.09. The summed E-state index contributed by atoms with van der Waals surface area (Å²) in [6.45, 7) is 2.24. The van der Waals surface area contributed by atoms with Gasteiger partial charge in [-0.1, -0.05) is 6.07 Å². The number of carboxylic acids is 1. The Bertz CT molecular complexity index is 651. The number of carbonyl (C=O) groups is 1. The van der Waals surface area contributed by atoms with E-state index >= 15 is 0 Å². The van der Waals surface area contributed by atoms with E-state index in [4.69, 9.17) is 5.11 Å². The van der Waals surface area contributed by atoms with Crippen molar-refractivity contribution in [1.29, 1.82) is 0 Å². The highest BCUT2D eigenvalue weighted by molar-refractivity contribution is 5.94. The summed E-state index contributed by atoms with van der Waals surface area (Å²) in [4.78, 5) is 11.1. The number of nitrogens with one attached hydrogen (secondary N) is 1. The van der Waals surface area contributed by atoms with Crippen molar-refractivity contribution in [3.63, 3.8) is 0 Å². The van der Waals surface area contributed by atoms with Gasteiger partial charge in [0.25, 0.3) is 0 Å². The molecule has 0 unspecified atom stereocenters. The van der Waals surface area contributed by atoms with E-state index < -0.39 is 17.6 Å². The fraction of sp³-hybridized carbons (Fsp3) is 0.188. The summed E-state index contributed by atoms with van der Waals surface area (Å²) in [5.74, 6) is -2.26. The molecule has 3 nitrogen and oxygen atoms in total. The molecule has 0 spiro atoms. The van der Waals surface area contributed by atoms with Crippen LogP contribution >= 0.6 is 0 Å². The minimum absolute atomic E-state index is 0.172. The molecule has 0 aliphatic carbocycles. The highest BCUT2D eigenvalue weighted by Crippen LogP contribution is 2.18. The van der Waals surface area contributed by atoms with Crippen LogP contribution in [0.15, 0.2) is 36.4 Å². The standard InChI is InChI=1S/C16H15F2NO2/c1-10-2-3-14(16(20)21)15(6-10)19-5-4-11-7-12(17)9-13(18)8-11/h2-3,6-9,19H,4-5H2,1H3,(H,20,21). The molecule has 2 aromatic carbocycles. The molecule has 0 aliphatic rings. The summed E-state index contributed by atoms with van der Waals surface area (Å²) in [6, 6.07) is 8.33. The summed E-state index contributed by atoms with van der Waals surface area (Å²) in [6.07, 6.45) is 0.391. The van der Waals surface area contributed by atoms with Gasteiger partial charge in [0.15, 0.2) is 0 Å².